The smallest absolute Gasteiger partial charge is 0.211 e. The fraction of sp³-hybridized carbons (Fsp3) is 0.200. The molecule has 5 unspecified atom stereocenters. The lowest BCUT2D eigenvalue weighted by atomic mass is 9.65. The third-order valence-electron chi connectivity index (χ3n) is 8.69. The summed E-state index contributed by atoms with van der Waals surface area (Å²) in [5, 5.41) is 85.0. The summed E-state index contributed by atoms with van der Waals surface area (Å²) in [7, 11) is 0. The molecule has 1 aliphatic carbocycles. The maximum atomic E-state index is 14.4. The van der Waals surface area contributed by atoms with Crippen molar-refractivity contribution in [1.29, 1.82) is 0 Å². The van der Waals surface area contributed by atoms with Crippen molar-refractivity contribution in [3.05, 3.63) is 106 Å². The fourth-order valence-corrected chi connectivity index (χ4v) is 6.57. The molecule has 0 fully saturated rings. The van der Waals surface area contributed by atoms with Gasteiger partial charge >= 0.3 is 0 Å². The molecular weight excluding hydrogens is 596 g/mol. The molecule has 5 atom stereocenters. The summed E-state index contributed by atoms with van der Waals surface area (Å²) < 4.78 is 5.85. The number of phenolic OH excluding ortho intramolecular Hbond substituents is 7. The Bertz CT molecular complexity index is 1930. The van der Waals surface area contributed by atoms with Crippen LogP contribution in [-0.4, -0.2) is 52.4 Å². The van der Waals surface area contributed by atoms with Crippen LogP contribution in [0.4, 0.5) is 0 Å². The van der Waals surface area contributed by atoms with Crippen LogP contribution in [-0.2, 0) is 4.79 Å². The Morgan fingerprint density at radius 1 is 0.739 bits per heavy atom. The molecule has 11 nitrogen and oxygen atoms in total. The number of rotatable bonds is 5. The number of aliphatic hydroxyl groups is 1. The number of aliphatic hydroxyl groups excluding tert-OH is 1. The molecule has 0 amide bonds. The third-order valence-corrected chi connectivity index (χ3v) is 8.69. The number of Topliss-reactive ketones (excluding diaryl/α,β-unsaturated/α-hetero) is 2. The van der Waals surface area contributed by atoms with Crippen molar-refractivity contribution in [2.75, 3.05) is 0 Å². The van der Waals surface area contributed by atoms with Crippen LogP contribution in [0.1, 0.15) is 70.0 Å². The molecule has 0 spiro atoms. The fourth-order valence-electron chi connectivity index (χ4n) is 6.57. The van der Waals surface area contributed by atoms with E-state index in [1.54, 1.807) is 13.0 Å². The molecule has 0 radical (unpaired) electrons. The van der Waals surface area contributed by atoms with Gasteiger partial charge in [0, 0.05) is 52.6 Å². The molecule has 0 aromatic heterocycles. The lowest BCUT2D eigenvalue weighted by Gasteiger charge is -2.38. The Labute approximate surface area is 262 Å². The number of phenols is 7. The summed E-state index contributed by atoms with van der Waals surface area (Å²) in [5.74, 6) is -7.04. The first-order chi connectivity index (χ1) is 21.8. The van der Waals surface area contributed by atoms with Gasteiger partial charge in [-0.3, -0.25) is 9.59 Å². The average molecular weight is 627 g/mol. The Morgan fingerprint density at radius 2 is 1.35 bits per heavy atom. The lowest BCUT2D eigenvalue weighted by Crippen LogP contribution is -2.32. The number of allylic oxidation sites excluding steroid dienone is 2. The lowest BCUT2D eigenvalue weighted by molar-refractivity contribution is -0.137. The molecule has 4 aromatic rings. The first-order valence-corrected chi connectivity index (χ1v) is 14.4. The van der Waals surface area contributed by atoms with Gasteiger partial charge in [-0.15, -0.1) is 0 Å². The molecule has 1 aliphatic heterocycles. The highest BCUT2D eigenvalue weighted by Gasteiger charge is 2.45. The molecule has 0 bridgehead atoms. The van der Waals surface area contributed by atoms with Crippen LogP contribution in [0.5, 0.6) is 46.0 Å². The summed E-state index contributed by atoms with van der Waals surface area (Å²) in [4.78, 5) is 27.7. The number of ether oxygens (including phenoxy) is 1. The molecule has 6 rings (SSSR count). The van der Waals surface area contributed by atoms with Crippen molar-refractivity contribution in [3.63, 3.8) is 0 Å². The second-order valence-corrected chi connectivity index (χ2v) is 11.6. The molecule has 2 aliphatic rings. The second kappa shape index (κ2) is 11.4. The van der Waals surface area contributed by atoms with Crippen molar-refractivity contribution in [3.8, 4) is 46.0 Å². The van der Waals surface area contributed by atoms with Gasteiger partial charge in [0.2, 0.25) is 5.78 Å². The van der Waals surface area contributed by atoms with E-state index in [0.717, 1.165) is 17.7 Å². The minimum atomic E-state index is -1.64. The Morgan fingerprint density at radius 3 is 2.02 bits per heavy atom. The highest BCUT2D eigenvalue weighted by Crippen LogP contribution is 2.54. The molecule has 0 saturated carbocycles. The van der Waals surface area contributed by atoms with E-state index in [0.29, 0.717) is 0 Å². The van der Waals surface area contributed by atoms with Gasteiger partial charge in [-0.1, -0.05) is 17.7 Å². The van der Waals surface area contributed by atoms with Gasteiger partial charge in [0.15, 0.2) is 11.9 Å². The summed E-state index contributed by atoms with van der Waals surface area (Å²) in [6, 6.07) is 13.7. The average Bonchev–Trinajstić information content (AvgIpc) is 2.99. The number of hydrogen-bond donors (Lipinski definition) is 8. The van der Waals surface area contributed by atoms with Gasteiger partial charge in [0.05, 0.1) is 5.56 Å². The molecule has 1 heterocycles. The van der Waals surface area contributed by atoms with Crippen LogP contribution >= 0.6 is 0 Å². The van der Waals surface area contributed by atoms with Gasteiger partial charge in [0.25, 0.3) is 0 Å². The predicted octanol–water partition coefficient (Wildman–Crippen LogP) is 5.08. The minimum Gasteiger partial charge on any atom is -0.508 e. The number of carbonyl (C=O) groups is 2. The van der Waals surface area contributed by atoms with E-state index in [1.807, 2.05) is 0 Å². The minimum absolute atomic E-state index is 0.0123. The van der Waals surface area contributed by atoms with Gasteiger partial charge in [-0.25, -0.2) is 0 Å². The van der Waals surface area contributed by atoms with Crippen LogP contribution < -0.4 is 4.74 Å². The van der Waals surface area contributed by atoms with Crippen LogP contribution in [0.15, 0.2) is 78.4 Å². The Hall–Kier alpha value is -5.68. The Kier molecular flexibility index (Phi) is 7.49. The zero-order chi connectivity index (χ0) is 33.0. The summed E-state index contributed by atoms with van der Waals surface area (Å²) in [6.45, 7) is 1.77. The van der Waals surface area contributed by atoms with Crippen molar-refractivity contribution in [2.45, 2.75) is 37.4 Å². The van der Waals surface area contributed by atoms with Gasteiger partial charge in [-0.2, -0.15) is 0 Å². The van der Waals surface area contributed by atoms with Crippen LogP contribution in [0.3, 0.4) is 0 Å². The van der Waals surface area contributed by atoms with Gasteiger partial charge in [0.1, 0.15) is 52.1 Å². The molecule has 46 heavy (non-hydrogen) atoms. The van der Waals surface area contributed by atoms with Crippen molar-refractivity contribution >= 4 is 11.6 Å². The van der Waals surface area contributed by atoms with E-state index in [1.165, 1.54) is 54.6 Å². The van der Waals surface area contributed by atoms with Crippen LogP contribution in [0.2, 0.25) is 0 Å². The highest BCUT2D eigenvalue weighted by molar-refractivity contribution is 6.02. The molecule has 8 N–H and O–H groups in total. The maximum absolute atomic E-state index is 14.4. The standard InChI is InChI=1S/C35H30O11/c1-15-10-23(19-5-2-16(36)12-26(19)40)29(31(42)20-6-3-17(37)13-27(20)41)24(11-15)30-25(39)9-8-22(32(30)43)35-34(45)33(44)21-7-4-18(38)14-28(21)46-35/h2-9,11-14,23-24,29,33,35-41,43-44H,10H2,1H3. The quantitative estimate of drug-likeness (QED) is 0.108. The van der Waals surface area contributed by atoms with E-state index in [-0.39, 0.29) is 63.0 Å². The van der Waals surface area contributed by atoms with Gasteiger partial charge in [-0.05, 0) is 61.4 Å². The number of carbonyl (C=O) groups excluding carboxylic acids is 2. The summed E-state index contributed by atoms with van der Waals surface area (Å²) in [6.07, 6.45) is -1.29. The van der Waals surface area contributed by atoms with E-state index in [4.69, 9.17) is 4.74 Å². The van der Waals surface area contributed by atoms with Crippen LogP contribution in [0, 0.1) is 5.92 Å². The first kappa shape index (κ1) is 30.4. The van der Waals surface area contributed by atoms with Crippen molar-refractivity contribution < 1.29 is 55.2 Å². The zero-order valence-corrected chi connectivity index (χ0v) is 24.3. The second-order valence-electron chi connectivity index (χ2n) is 11.6. The number of fused-ring (bicyclic) bond motifs is 1. The zero-order valence-electron chi connectivity index (χ0n) is 24.3. The van der Waals surface area contributed by atoms with E-state index >= 15 is 0 Å². The van der Waals surface area contributed by atoms with E-state index in [2.05, 4.69) is 0 Å². The van der Waals surface area contributed by atoms with Crippen molar-refractivity contribution in [2.24, 2.45) is 5.92 Å². The highest BCUT2D eigenvalue weighted by atomic mass is 16.5. The van der Waals surface area contributed by atoms with Gasteiger partial charge < -0.3 is 45.6 Å². The predicted molar refractivity (Wildman–Crippen MR) is 162 cm³/mol. The Balaban J connectivity index is 1.53. The van der Waals surface area contributed by atoms with E-state index in [9.17, 15) is 50.4 Å². The van der Waals surface area contributed by atoms with E-state index < -0.39 is 58.8 Å². The summed E-state index contributed by atoms with van der Waals surface area (Å²) in [5.41, 5.74) is 0.695. The molecular formula is C35H30O11. The SMILES string of the molecule is CC1=CC(c2c(O)ccc(C3Oc4cc(O)ccc4C(O)C3=O)c2O)C(C(=O)c2ccc(O)cc2O)C(c2ccc(O)cc2O)C1. The molecule has 236 valence electrons. The number of aromatic hydroxyl groups is 7. The summed E-state index contributed by atoms with van der Waals surface area (Å²) >= 11 is 0. The van der Waals surface area contributed by atoms with Crippen molar-refractivity contribution in [1.82, 2.24) is 0 Å². The molecule has 4 aromatic carbocycles. The third kappa shape index (κ3) is 5.10. The first-order valence-electron chi connectivity index (χ1n) is 14.4. The van der Waals surface area contributed by atoms with Crippen LogP contribution in [0.25, 0.3) is 0 Å². The maximum Gasteiger partial charge on any atom is 0.211 e. The monoisotopic (exact) mass is 626 g/mol. The molecule has 0 saturated heterocycles. The largest absolute Gasteiger partial charge is 0.508 e. The normalized spacial score (nSPS) is 22.4. The number of ketones is 2. The number of hydrogen-bond acceptors (Lipinski definition) is 11. The molecule has 11 heteroatoms. The topological polar surface area (TPSA) is 205 Å². The number of benzene rings is 4.